The summed E-state index contributed by atoms with van der Waals surface area (Å²) in [4.78, 5) is 0. The molecule has 0 bridgehead atoms. The predicted molar refractivity (Wildman–Crippen MR) is 174 cm³/mol. The van der Waals surface area contributed by atoms with Crippen molar-refractivity contribution >= 4 is 17.1 Å². The maximum absolute atomic E-state index is 6.46. The molecule has 0 heterocycles. The Hall–Kier alpha value is -4.30. The predicted octanol–water partition coefficient (Wildman–Crippen LogP) is 10.6. The third-order valence-electron chi connectivity index (χ3n) is 7.53. The van der Waals surface area contributed by atoms with Crippen LogP contribution in [0, 0.1) is 0 Å². The number of rotatable bonds is 5. The second-order valence-corrected chi connectivity index (χ2v) is 12.7. The first-order chi connectivity index (χ1) is 19.0. The smallest absolute Gasteiger partial charge is 0.0618 e. The fraction of sp³-hybridized carbons (Fsp3) is 0.211. The molecule has 5 aromatic rings. The van der Waals surface area contributed by atoms with Gasteiger partial charge in [-0.15, -0.1) is 0 Å². The van der Waals surface area contributed by atoms with Crippen LogP contribution in [-0.2, 0) is 10.8 Å². The van der Waals surface area contributed by atoms with Gasteiger partial charge in [0.05, 0.1) is 17.1 Å². The second kappa shape index (κ2) is 10.7. The Morgan fingerprint density at radius 2 is 0.950 bits per heavy atom. The number of nitrogens with one attached hydrogen (secondary N) is 1. The Balaban J connectivity index is 1.86. The van der Waals surface area contributed by atoms with E-state index in [-0.39, 0.29) is 10.8 Å². The summed E-state index contributed by atoms with van der Waals surface area (Å²) in [6, 6.07) is 41.1. The first-order valence-corrected chi connectivity index (χ1v) is 14.1. The van der Waals surface area contributed by atoms with Crippen molar-refractivity contribution < 1.29 is 0 Å². The van der Waals surface area contributed by atoms with Crippen molar-refractivity contribution in [1.29, 1.82) is 0 Å². The van der Waals surface area contributed by atoms with Gasteiger partial charge < -0.3 is 11.1 Å². The average molecular weight is 525 g/mol. The molecule has 0 spiro atoms. The van der Waals surface area contributed by atoms with Gasteiger partial charge in [0, 0.05) is 11.1 Å². The molecule has 0 radical (unpaired) electrons. The highest BCUT2D eigenvalue weighted by atomic mass is 14.9. The lowest BCUT2D eigenvalue weighted by molar-refractivity contribution is 0.589. The molecule has 0 saturated heterocycles. The number of benzene rings is 5. The maximum atomic E-state index is 6.46. The van der Waals surface area contributed by atoms with E-state index in [0.717, 1.165) is 28.2 Å². The van der Waals surface area contributed by atoms with Gasteiger partial charge in [0.15, 0.2) is 0 Å². The van der Waals surface area contributed by atoms with E-state index in [4.69, 9.17) is 5.73 Å². The van der Waals surface area contributed by atoms with Crippen molar-refractivity contribution in [2.75, 3.05) is 11.1 Å². The lowest BCUT2D eigenvalue weighted by atomic mass is 9.80. The molecule has 0 aliphatic carbocycles. The summed E-state index contributed by atoms with van der Waals surface area (Å²) in [7, 11) is 0. The van der Waals surface area contributed by atoms with Crippen LogP contribution in [0.15, 0.2) is 115 Å². The van der Waals surface area contributed by atoms with Gasteiger partial charge in [-0.25, -0.2) is 0 Å². The van der Waals surface area contributed by atoms with Gasteiger partial charge in [0.25, 0.3) is 0 Å². The molecule has 0 fully saturated rings. The zero-order chi connectivity index (χ0) is 28.5. The summed E-state index contributed by atoms with van der Waals surface area (Å²) >= 11 is 0. The van der Waals surface area contributed by atoms with Crippen LogP contribution < -0.4 is 11.1 Å². The topological polar surface area (TPSA) is 38.0 Å². The standard InChI is InChI=1S/C38H40N2/c1-37(2,3)30-22-28(26-15-9-7-10-16-26)21-29(23-30)33-25-31(38(4,5)6)24-32(27-17-11-8-12-18-27)36(33)40-35-20-14-13-19-34(35)39/h7-25,40H,39H2,1-6H3. The van der Waals surface area contributed by atoms with Crippen LogP contribution in [0.2, 0.25) is 0 Å². The van der Waals surface area contributed by atoms with Crippen molar-refractivity contribution in [2.45, 2.75) is 52.4 Å². The van der Waals surface area contributed by atoms with Crippen LogP contribution in [0.3, 0.4) is 0 Å². The number of para-hydroxylation sites is 2. The second-order valence-electron chi connectivity index (χ2n) is 12.7. The van der Waals surface area contributed by atoms with Crippen LogP contribution in [0.5, 0.6) is 0 Å². The monoisotopic (exact) mass is 524 g/mol. The minimum Gasteiger partial charge on any atom is -0.397 e. The van der Waals surface area contributed by atoms with E-state index in [2.05, 4.69) is 138 Å². The Morgan fingerprint density at radius 1 is 0.475 bits per heavy atom. The van der Waals surface area contributed by atoms with Gasteiger partial charge in [0.2, 0.25) is 0 Å². The van der Waals surface area contributed by atoms with E-state index >= 15 is 0 Å². The third kappa shape index (κ3) is 5.82. The summed E-state index contributed by atoms with van der Waals surface area (Å²) in [5.74, 6) is 0. The highest BCUT2D eigenvalue weighted by Crippen LogP contribution is 2.45. The largest absolute Gasteiger partial charge is 0.397 e. The fourth-order valence-corrected chi connectivity index (χ4v) is 5.04. The molecule has 202 valence electrons. The van der Waals surface area contributed by atoms with E-state index < -0.39 is 0 Å². The molecular weight excluding hydrogens is 484 g/mol. The van der Waals surface area contributed by atoms with Crippen LogP contribution in [-0.4, -0.2) is 0 Å². The lowest BCUT2D eigenvalue weighted by Crippen LogP contribution is -2.13. The molecule has 0 aliphatic heterocycles. The van der Waals surface area contributed by atoms with Crippen molar-refractivity contribution in [3.05, 3.63) is 126 Å². The Morgan fingerprint density at radius 3 is 1.52 bits per heavy atom. The molecule has 0 unspecified atom stereocenters. The molecule has 2 heteroatoms. The molecule has 0 amide bonds. The van der Waals surface area contributed by atoms with Gasteiger partial charge in [-0.3, -0.25) is 0 Å². The Bertz CT molecular complexity index is 1620. The normalized spacial score (nSPS) is 11.8. The summed E-state index contributed by atoms with van der Waals surface area (Å²) in [6.45, 7) is 13.7. The quantitative estimate of drug-likeness (QED) is 0.224. The molecule has 0 aliphatic rings. The fourth-order valence-electron chi connectivity index (χ4n) is 5.04. The van der Waals surface area contributed by atoms with Crippen LogP contribution in [0.1, 0.15) is 52.7 Å². The number of hydrogen-bond acceptors (Lipinski definition) is 2. The molecule has 40 heavy (non-hydrogen) atoms. The summed E-state index contributed by atoms with van der Waals surface area (Å²) in [5, 5.41) is 3.78. The van der Waals surface area contributed by atoms with Crippen LogP contribution in [0.25, 0.3) is 33.4 Å². The van der Waals surface area contributed by atoms with E-state index in [0.29, 0.717) is 0 Å². The Labute approximate surface area is 239 Å². The van der Waals surface area contributed by atoms with Crippen molar-refractivity contribution in [2.24, 2.45) is 0 Å². The Kier molecular flexibility index (Phi) is 7.29. The highest BCUT2D eigenvalue weighted by Gasteiger charge is 2.23. The van der Waals surface area contributed by atoms with Gasteiger partial charge in [-0.1, -0.05) is 126 Å². The third-order valence-corrected chi connectivity index (χ3v) is 7.53. The summed E-state index contributed by atoms with van der Waals surface area (Å²) < 4.78 is 0. The van der Waals surface area contributed by atoms with Crippen molar-refractivity contribution in [3.8, 4) is 33.4 Å². The zero-order valence-electron chi connectivity index (χ0n) is 24.5. The van der Waals surface area contributed by atoms with Gasteiger partial charge in [-0.05, 0) is 74.5 Å². The molecule has 3 N–H and O–H groups in total. The minimum absolute atomic E-state index is 0.0130. The van der Waals surface area contributed by atoms with Crippen molar-refractivity contribution in [3.63, 3.8) is 0 Å². The maximum Gasteiger partial charge on any atom is 0.0618 e. The van der Waals surface area contributed by atoms with E-state index in [1.165, 1.54) is 33.4 Å². The number of nitrogens with two attached hydrogens (primary N) is 1. The van der Waals surface area contributed by atoms with Crippen LogP contribution in [0.4, 0.5) is 17.1 Å². The molecule has 0 atom stereocenters. The summed E-state index contributed by atoms with van der Waals surface area (Å²) in [6.07, 6.45) is 0. The van der Waals surface area contributed by atoms with Gasteiger partial charge in [0.1, 0.15) is 0 Å². The van der Waals surface area contributed by atoms with Gasteiger partial charge >= 0.3 is 0 Å². The van der Waals surface area contributed by atoms with E-state index in [1.807, 2.05) is 24.3 Å². The molecular formula is C38H40N2. The SMILES string of the molecule is CC(C)(C)c1cc(-c2ccccc2)cc(-c2cc(C(C)(C)C)cc(-c3ccccc3)c2Nc2ccccc2N)c1. The first kappa shape index (κ1) is 27.3. The number of anilines is 3. The summed E-state index contributed by atoms with van der Waals surface area (Å²) in [5.41, 5.74) is 18.8. The minimum atomic E-state index is -0.0352. The average Bonchev–Trinajstić information content (AvgIpc) is 2.94. The zero-order valence-corrected chi connectivity index (χ0v) is 24.5. The number of hydrogen-bond donors (Lipinski definition) is 2. The van der Waals surface area contributed by atoms with Crippen molar-refractivity contribution in [1.82, 2.24) is 0 Å². The lowest BCUT2D eigenvalue weighted by Gasteiger charge is -2.27. The van der Waals surface area contributed by atoms with Crippen LogP contribution >= 0.6 is 0 Å². The number of nitrogen functional groups attached to an aromatic ring is 1. The van der Waals surface area contributed by atoms with E-state index in [9.17, 15) is 0 Å². The molecule has 5 rings (SSSR count). The molecule has 2 nitrogen and oxygen atoms in total. The molecule has 5 aromatic carbocycles. The highest BCUT2D eigenvalue weighted by molar-refractivity contribution is 5.95. The molecule has 0 aromatic heterocycles. The van der Waals surface area contributed by atoms with Gasteiger partial charge in [-0.2, -0.15) is 0 Å². The first-order valence-electron chi connectivity index (χ1n) is 14.1. The van der Waals surface area contributed by atoms with E-state index in [1.54, 1.807) is 0 Å². The molecule has 0 saturated carbocycles.